The summed E-state index contributed by atoms with van der Waals surface area (Å²) < 4.78 is 16.6. The first-order valence-corrected chi connectivity index (χ1v) is 9.03. The van der Waals surface area contributed by atoms with Crippen molar-refractivity contribution in [3.63, 3.8) is 0 Å². The Morgan fingerprint density at radius 3 is 2.76 bits per heavy atom. The molecule has 0 bridgehead atoms. The molecule has 2 fully saturated rings. The molecule has 0 unspecified atom stereocenters. The Morgan fingerprint density at radius 2 is 2.04 bits per heavy atom. The summed E-state index contributed by atoms with van der Waals surface area (Å²) in [7, 11) is 0. The van der Waals surface area contributed by atoms with Crippen LogP contribution in [0.15, 0.2) is 12.1 Å². The molecule has 0 spiro atoms. The van der Waals surface area contributed by atoms with E-state index in [0.29, 0.717) is 56.0 Å². The van der Waals surface area contributed by atoms with Crippen LogP contribution in [0.5, 0.6) is 11.5 Å². The summed E-state index contributed by atoms with van der Waals surface area (Å²) in [6.07, 6.45) is 1.01. The Kier molecular flexibility index (Phi) is 4.52. The molecule has 1 aromatic rings. The van der Waals surface area contributed by atoms with Crippen molar-refractivity contribution in [3.05, 3.63) is 22.7 Å². The van der Waals surface area contributed by atoms with E-state index in [9.17, 15) is 9.90 Å². The zero-order valence-electron chi connectivity index (χ0n) is 14.0. The quantitative estimate of drug-likeness (QED) is 0.877. The number of aliphatic hydroxyl groups is 1. The fourth-order valence-electron chi connectivity index (χ4n) is 4.01. The molecule has 0 aliphatic carbocycles. The van der Waals surface area contributed by atoms with E-state index in [1.807, 2.05) is 4.90 Å². The molecule has 0 aromatic heterocycles. The molecule has 6 nitrogen and oxygen atoms in total. The van der Waals surface area contributed by atoms with Crippen molar-refractivity contribution in [2.45, 2.75) is 12.8 Å². The number of benzene rings is 1. The Balaban J connectivity index is 1.49. The molecule has 136 valence electrons. The standard InChI is InChI=1S/C18H22ClNO5/c19-14-7-16-15(24-3-4-25-16)5-12(14)6-17(22)20-8-13-9-23-2-1-18(13,10-20)11-21/h5,7,13,21H,1-4,6,8-11H2/t13-,18-/m1/s1. The van der Waals surface area contributed by atoms with E-state index >= 15 is 0 Å². The number of nitrogens with zero attached hydrogens (tertiary/aromatic N) is 1. The zero-order valence-corrected chi connectivity index (χ0v) is 14.8. The summed E-state index contributed by atoms with van der Waals surface area (Å²) in [5.41, 5.74) is 0.518. The van der Waals surface area contributed by atoms with Gasteiger partial charge >= 0.3 is 0 Å². The molecule has 3 aliphatic heterocycles. The Morgan fingerprint density at radius 1 is 1.28 bits per heavy atom. The van der Waals surface area contributed by atoms with Crippen LogP contribution in [0.2, 0.25) is 5.02 Å². The second-order valence-corrected chi connectivity index (χ2v) is 7.49. The molecule has 2 saturated heterocycles. The van der Waals surface area contributed by atoms with Crippen LogP contribution in [0.1, 0.15) is 12.0 Å². The van der Waals surface area contributed by atoms with Crippen LogP contribution in [-0.2, 0) is 16.0 Å². The second kappa shape index (κ2) is 6.67. The van der Waals surface area contributed by atoms with Crippen molar-refractivity contribution in [1.82, 2.24) is 4.90 Å². The van der Waals surface area contributed by atoms with Crippen molar-refractivity contribution < 1.29 is 24.1 Å². The van der Waals surface area contributed by atoms with E-state index in [0.717, 1.165) is 12.0 Å². The molecule has 25 heavy (non-hydrogen) atoms. The number of amides is 1. The Bertz CT molecular complexity index is 682. The van der Waals surface area contributed by atoms with Crippen LogP contribution in [0.3, 0.4) is 0 Å². The van der Waals surface area contributed by atoms with Crippen LogP contribution in [-0.4, -0.2) is 62.0 Å². The lowest BCUT2D eigenvalue weighted by molar-refractivity contribution is -0.130. The van der Waals surface area contributed by atoms with Crippen LogP contribution < -0.4 is 9.47 Å². The van der Waals surface area contributed by atoms with Gasteiger partial charge in [0.1, 0.15) is 13.2 Å². The maximum absolute atomic E-state index is 12.8. The fraction of sp³-hybridized carbons (Fsp3) is 0.611. The first-order valence-electron chi connectivity index (χ1n) is 8.66. The summed E-state index contributed by atoms with van der Waals surface area (Å²) >= 11 is 6.32. The third kappa shape index (κ3) is 3.07. The van der Waals surface area contributed by atoms with Gasteiger partial charge in [-0.3, -0.25) is 4.79 Å². The van der Waals surface area contributed by atoms with Gasteiger partial charge in [-0.2, -0.15) is 0 Å². The summed E-state index contributed by atoms with van der Waals surface area (Å²) in [6, 6.07) is 3.51. The SMILES string of the molecule is O=C(Cc1cc2c(cc1Cl)OCCO2)N1C[C@@H]2COCC[C@]2(CO)C1. The third-order valence-electron chi connectivity index (χ3n) is 5.60. The second-order valence-electron chi connectivity index (χ2n) is 7.08. The van der Waals surface area contributed by atoms with Crippen LogP contribution >= 0.6 is 11.6 Å². The Labute approximate surface area is 151 Å². The fourth-order valence-corrected chi connectivity index (χ4v) is 4.23. The average Bonchev–Trinajstić information content (AvgIpc) is 3.03. The minimum atomic E-state index is -0.218. The number of ether oxygens (including phenoxy) is 3. The van der Waals surface area contributed by atoms with E-state index in [2.05, 4.69) is 0 Å². The highest BCUT2D eigenvalue weighted by Crippen LogP contribution is 2.42. The largest absolute Gasteiger partial charge is 0.486 e. The lowest BCUT2D eigenvalue weighted by atomic mass is 9.75. The van der Waals surface area contributed by atoms with Gasteiger partial charge in [-0.15, -0.1) is 0 Å². The number of likely N-dealkylation sites (tertiary alicyclic amines) is 1. The highest BCUT2D eigenvalue weighted by atomic mass is 35.5. The number of hydrogen-bond donors (Lipinski definition) is 1. The van der Waals surface area contributed by atoms with Crippen molar-refractivity contribution in [2.24, 2.45) is 11.3 Å². The summed E-state index contributed by atoms with van der Waals surface area (Å²) in [6.45, 7) is 3.55. The smallest absolute Gasteiger partial charge is 0.227 e. The number of carbonyl (C=O) groups excluding carboxylic acids is 1. The highest BCUT2D eigenvalue weighted by molar-refractivity contribution is 6.31. The summed E-state index contributed by atoms with van der Waals surface area (Å²) in [5, 5.41) is 10.4. The lowest BCUT2D eigenvalue weighted by Crippen LogP contribution is -2.41. The van der Waals surface area contributed by atoms with Gasteiger partial charge in [0.25, 0.3) is 0 Å². The van der Waals surface area contributed by atoms with Gasteiger partial charge in [0.05, 0.1) is 19.6 Å². The molecule has 4 rings (SSSR count). The van der Waals surface area contributed by atoms with E-state index in [-0.39, 0.29) is 30.3 Å². The molecular formula is C18H22ClNO5. The van der Waals surface area contributed by atoms with Crippen molar-refractivity contribution >= 4 is 17.5 Å². The van der Waals surface area contributed by atoms with Crippen LogP contribution in [0, 0.1) is 11.3 Å². The maximum atomic E-state index is 12.8. The molecule has 1 amide bonds. The first-order chi connectivity index (χ1) is 12.1. The van der Waals surface area contributed by atoms with Gasteiger partial charge in [0.2, 0.25) is 5.91 Å². The normalized spacial score (nSPS) is 27.9. The number of halogens is 1. The van der Waals surface area contributed by atoms with Gasteiger partial charge in [-0.25, -0.2) is 0 Å². The average molecular weight is 368 g/mol. The summed E-state index contributed by atoms with van der Waals surface area (Å²) in [5.74, 6) is 1.47. The molecule has 3 aliphatic rings. The first kappa shape index (κ1) is 16.9. The van der Waals surface area contributed by atoms with E-state index < -0.39 is 0 Å². The predicted molar refractivity (Wildman–Crippen MR) is 91.2 cm³/mol. The van der Waals surface area contributed by atoms with Gasteiger partial charge in [0.15, 0.2) is 11.5 Å². The van der Waals surface area contributed by atoms with Gasteiger partial charge in [0, 0.05) is 42.1 Å². The van der Waals surface area contributed by atoms with Gasteiger partial charge < -0.3 is 24.2 Å². The third-order valence-corrected chi connectivity index (χ3v) is 5.95. The van der Waals surface area contributed by atoms with E-state index in [4.69, 9.17) is 25.8 Å². The molecule has 2 atom stereocenters. The van der Waals surface area contributed by atoms with E-state index in [1.165, 1.54) is 0 Å². The monoisotopic (exact) mass is 367 g/mol. The van der Waals surface area contributed by atoms with Gasteiger partial charge in [-0.05, 0) is 18.1 Å². The molecule has 0 saturated carbocycles. The van der Waals surface area contributed by atoms with Crippen LogP contribution in [0.25, 0.3) is 0 Å². The molecule has 7 heteroatoms. The minimum absolute atomic E-state index is 0.0146. The predicted octanol–water partition coefficient (Wildman–Crippen LogP) is 1.51. The number of aliphatic hydroxyl groups excluding tert-OH is 1. The number of hydrogen-bond acceptors (Lipinski definition) is 5. The topological polar surface area (TPSA) is 68.2 Å². The molecule has 3 heterocycles. The van der Waals surface area contributed by atoms with Crippen molar-refractivity contribution in [1.29, 1.82) is 0 Å². The lowest BCUT2D eigenvalue weighted by Gasteiger charge is -2.36. The highest BCUT2D eigenvalue weighted by Gasteiger charge is 2.49. The number of fused-ring (bicyclic) bond motifs is 2. The zero-order chi connectivity index (χ0) is 17.4. The molecule has 1 aromatic carbocycles. The summed E-state index contributed by atoms with van der Waals surface area (Å²) in [4.78, 5) is 14.6. The molecule has 0 radical (unpaired) electrons. The van der Waals surface area contributed by atoms with Crippen molar-refractivity contribution in [3.8, 4) is 11.5 Å². The maximum Gasteiger partial charge on any atom is 0.227 e. The number of rotatable bonds is 3. The van der Waals surface area contributed by atoms with Crippen molar-refractivity contribution in [2.75, 3.05) is 46.1 Å². The molecular weight excluding hydrogens is 346 g/mol. The Hall–Kier alpha value is -1.50. The minimum Gasteiger partial charge on any atom is -0.486 e. The van der Waals surface area contributed by atoms with E-state index in [1.54, 1.807) is 12.1 Å². The van der Waals surface area contributed by atoms with Crippen LogP contribution in [0.4, 0.5) is 0 Å². The number of carbonyl (C=O) groups is 1. The van der Waals surface area contributed by atoms with Gasteiger partial charge in [-0.1, -0.05) is 11.6 Å². The molecule has 1 N–H and O–H groups in total.